The van der Waals surface area contributed by atoms with Gasteiger partial charge in [0.15, 0.2) is 0 Å². The Morgan fingerprint density at radius 2 is 2.06 bits per heavy atom. The van der Waals surface area contributed by atoms with Crippen molar-refractivity contribution in [1.82, 2.24) is 4.90 Å². The van der Waals surface area contributed by atoms with Crippen molar-refractivity contribution in [3.05, 3.63) is 29.8 Å². The summed E-state index contributed by atoms with van der Waals surface area (Å²) in [4.78, 5) is 2.17. The molecule has 2 rings (SSSR count). The van der Waals surface area contributed by atoms with Gasteiger partial charge in [0, 0.05) is 13.1 Å². The van der Waals surface area contributed by atoms with Crippen LogP contribution in [0.3, 0.4) is 0 Å². The fourth-order valence-electron chi connectivity index (χ4n) is 2.30. The maximum Gasteiger partial charge on any atom is 0.118 e. The first-order valence-corrected chi connectivity index (χ1v) is 6.34. The molecular weight excluding hydrogens is 214 g/mol. The van der Waals surface area contributed by atoms with Crippen molar-refractivity contribution < 1.29 is 9.84 Å². The summed E-state index contributed by atoms with van der Waals surface area (Å²) >= 11 is 0. The molecule has 0 bridgehead atoms. The molecular formula is C14H21NO2. The summed E-state index contributed by atoms with van der Waals surface area (Å²) < 4.78 is 5.13. The van der Waals surface area contributed by atoms with E-state index in [4.69, 9.17) is 4.74 Å². The van der Waals surface area contributed by atoms with Gasteiger partial charge < -0.3 is 9.84 Å². The number of aliphatic hydroxyl groups excluding tert-OH is 1. The first-order chi connectivity index (χ1) is 8.29. The van der Waals surface area contributed by atoms with Crippen molar-refractivity contribution in [2.24, 2.45) is 0 Å². The van der Waals surface area contributed by atoms with Gasteiger partial charge in [-0.1, -0.05) is 12.1 Å². The molecule has 1 fully saturated rings. The highest BCUT2D eigenvalue weighted by Crippen LogP contribution is 2.16. The quantitative estimate of drug-likeness (QED) is 0.867. The number of methoxy groups -OCH3 is 1. The average Bonchev–Trinajstić information content (AvgIpc) is 2.38. The molecule has 1 aromatic rings. The van der Waals surface area contributed by atoms with E-state index in [0.717, 1.165) is 38.1 Å². The largest absolute Gasteiger partial charge is 0.497 e. The SMILES string of the molecule is COc1ccc(CCN2CCCC[C@H]2O)cc1. The van der Waals surface area contributed by atoms with Gasteiger partial charge in [-0.3, -0.25) is 4.90 Å². The Labute approximate surface area is 103 Å². The number of ether oxygens (including phenoxy) is 1. The lowest BCUT2D eigenvalue weighted by Gasteiger charge is -2.31. The van der Waals surface area contributed by atoms with Crippen molar-refractivity contribution in [3.63, 3.8) is 0 Å². The number of likely N-dealkylation sites (tertiary alicyclic amines) is 1. The van der Waals surface area contributed by atoms with Crippen LogP contribution < -0.4 is 4.74 Å². The molecule has 0 aromatic heterocycles. The summed E-state index contributed by atoms with van der Waals surface area (Å²) in [7, 11) is 1.68. The maximum absolute atomic E-state index is 9.84. The zero-order valence-corrected chi connectivity index (χ0v) is 10.4. The van der Waals surface area contributed by atoms with Crippen LogP contribution in [0.1, 0.15) is 24.8 Å². The molecule has 0 saturated carbocycles. The third kappa shape index (κ3) is 3.45. The van der Waals surface area contributed by atoms with E-state index in [1.165, 1.54) is 12.0 Å². The van der Waals surface area contributed by atoms with Crippen LogP contribution in [0.2, 0.25) is 0 Å². The first kappa shape index (κ1) is 12.4. The molecule has 3 nitrogen and oxygen atoms in total. The summed E-state index contributed by atoms with van der Waals surface area (Å²) in [5.41, 5.74) is 1.29. The van der Waals surface area contributed by atoms with Crippen LogP contribution in [0, 0.1) is 0 Å². The summed E-state index contributed by atoms with van der Waals surface area (Å²) in [5.74, 6) is 0.895. The van der Waals surface area contributed by atoms with E-state index in [1.54, 1.807) is 7.11 Å². The van der Waals surface area contributed by atoms with Crippen LogP contribution in [0.5, 0.6) is 5.75 Å². The van der Waals surface area contributed by atoms with Gasteiger partial charge in [0.25, 0.3) is 0 Å². The average molecular weight is 235 g/mol. The minimum Gasteiger partial charge on any atom is -0.497 e. The summed E-state index contributed by atoms with van der Waals surface area (Å²) in [6.45, 7) is 1.96. The number of aliphatic hydroxyl groups is 1. The van der Waals surface area contributed by atoms with E-state index in [-0.39, 0.29) is 6.23 Å². The van der Waals surface area contributed by atoms with Crippen LogP contribution in [-0.4, -0.2) is 36.4 Å². The second-order valence-corrected chi connectivity index (χ2v) is 4.61. The molecule has 0 amide bonds. The maximum atomic E-state index is 9.84. The number of nitrogens with zero attached hydrogens (tertiary/aromatic N) is 1. The van der Waals surface area contributed by atoms with Gasteiger partial charge in [0.1, 0.15) is 12.0 Å². The summed E-state index contributed by atoms with van der Waals surface area (Å²) in [6.07, 6.45) is 4.03. The van der Waals surface area contributed by atoms with Gasteiger partial charge in [-0.15, -0.1) is 0 Å². The molecule has 1 N–H and O–H groups in total. The normalized spacial score (nSPS) is 21.4. The van der Waals surface area contributed by atoms with Crippen molar-refractivity contribution in [3.8, 4) is 5.75 Å². The van der Waals surface area contributed by atoms with E-state index >= 15 is 0 Å². The fraction of sp³-hybridized carbons (Fsp3) is 0.571. The summed E-state index contributed by atoms with van der Waals surface area (Å²) in [6, 6.07) is 8.16. The molecule has 1 atom stereocenters. The lowest BCUT2D eigenvalue weighted by atomic mass is 10.1. The molecule has 17 heavy (non-hydrogen) atoms. The molecule has 1 aliphatic heterocycles. The minimum atomic E-state index is -0.234. The van der Waals surface area contributed by atoms with Gasteiger partial charge in [-0.25, -0.2) is 0 Å². The van der Waals surface area contributed by atoms with Crippen LogP contribution in [0.25, 0.3) is 0 Å². The third-order valence-corrected chi connectivity index (χ3v) is 3.43. The van der Waals surface area contributed by atoms with E-state index in [0.29, 0.717) is 0 Å². The number of benzene rings is 1. The van der Waals surface area contributed by atoms with Crippen LogP contribution in [0.15, 0.2) is 24.3 Å². The highest BCUT2D eigenvalue weighted by atomic mass is 16.5. The van der Waals surface area contributed by atoms with E-state index in [9.17, 15) is 5.11 Å². The number of rotatable bonds is 4. The zero-order valence-electron chi connectivity index (χ0n) is 10.4. The molecule has 0 aliphatic carbocycles. The van der Waals surface area contributed by atoms with Crippen molar-refractivity contribution in [2.75, 3.05) is 20.2 Å². The van der Waals surface area contributed by atoms with Crippen molar-refractivity contribution >= 4 is 0 Å². The Hall–Kier alpha value is -1.06. The van der Waals surface area contributed by atoms with E-state index in [2.05, 4.69) is 17.0 Å². The van der Waals surface area contributed by atoms with Crippen LogP contribution >= 0.6 is 0 Å². The molecule has 1 saturated heterocycles. The van der Waals surface area contributed by atoms with E-state index in [1.807, 2.05) is 12.1 Å². The number of hydrogen-bond donors (Lipinski definition) is 1. The van der Waals surface area contributed by atoms with Crippen molar-refractivity contribution in [2.45, 2.75) is 31.9 Å². The van der Waals surface area contributed by atoms with Crippen molar-refractivity contribution in [1.29, 1.82) is 0 Å². The predicted molar refractivity (Wildman–Crippen MR) is 68.1 cm³/mol. The van der Waals surface area contributed by atoms with Crippen LogP contribution in [-0.2, 0) is 6.42 Å². The zero-order chi connectivity index (χ0) is 12.1. The Morgan fingerprint density at radius 3 is 2.71 bits per heavy atom. The number of hydrogen-bond acceptors (Lipinski definition) is 3. The van der Waals surface area contributed by atoms with E-state index < -0.39 is 0 Å². The van der Waals surface area contributed by atoms with Gasteiger partial charge in [0.05, 0.1) is 7.11 Å². The third-order valence-electron chi connectivity index (χ3n) is 3.43. The Bertz CT molecular complexity index is 337. The predicted octanol–water partition coefficient (Wildman–Crippen LogP) is 2.04. The van der Waals surface area contributed by atoms with Gasteiger partial charge in [0.2, 0.25) is 0 Å². The molecule has 0 radical (unpaired) electrons. The lowest BCUT2D eigenvalue weighted by molar-refractivity contribution is -0.0227. The van der Waals surface area contributed by atoms with Gasteiger partial charge in [-0.05, 0) is 43.4 Å². The topological polar surface area (TPSA) is 32.7 Å². The lowest BCUT2D eigenvalue weighted by Crippen LogP contribution is -2.40. The van der Waals surface area contributed by atoms with Crippen LogP contribution in [0.4, 0.5) is 0 Å². The molecule has 1 heterocycles. The molecule has 0 spiro atoms. The fourth-order valence-corrected chi connectivity index (χ4v) is 2.30. The monoisotopic (exact) mass is 235 g/mol. The standard InChI is InChI=1S/C14H21NO2/c1-17-13-7-5-12(6-8-13)9-11-15-10-3-2-4-14(15)16/h5-8,14,16H,2-4,9-11H2,1H3/t14-/m1/s1. The highest BCUT2D eigenvalue weighted by Gasteiger charge is 2.18. The molecule has 1 aromatic carbocycles. The molecule has 0 unspecified atom stereocenters. The Balaban J connectivity index is 1.84. The van der Waals surface area contributed by atoms with Gasteiger partial charge >= 0.3 is 0 Å². The second-order valence-electron chi connectivity index (χ2n) is 4.61. The van der Waals surface area contributed by atoms with Gasteiger partial charge in [-0.2, -0.15) is 0 Å². The molecule has 3 heteroatoms. The Morgan fingerprint density at radius 1 is 1.29 bits per heavy atom. The first-order valence-electron chi connectivity index (χ1n) is 6.34. The minimum absolute atomic E-state index is 0.234. The summed E-state index contributed by atoms with van der Waals surface area (Å²) in [5, 5.41) is 9.84. The molecule has 94 valence electrons. The Kier molecular flexibility index (Phi) is 4.40. The second kappa shape index (κ2) is 6.03. The smallest absolute Gasteiger partial charge is 0.118 e. The highest BCUT2D eigenvalue weighted by molar-refractivity contribution is 5.27. The molecule has 1 aliphatic rings. The number of piperidine rings is 1.